The van der Waals surface area contributed by atoms with E-state index < -0.39 is 5.91 Å². The van der Waals surface area contributed by atoms with Crippen molar-refractivity contribution in [1.29, 1.82) is 5.26 Å². The largest absolute Gasteiger partial charge is 0.457 e. The molecular weight excluding hydrogens is 407 g/mol. The molecule has 3 rings (SSSR count). The number of halogens is 2. The zero-order valence-corrected chi connectivity index (χ0v) is 17.0. The van der Waals surface area contributed by atoms with E-state index in [9.17, 15) is 10.1 Å². The van der Waals surface area contributed by atoms with Crippen LogP contribution in [0.2, 0.25) is 10.0 Å². The topological polar surface area (TPSA) is 66.0 Å². The summed E-state index contributed by atoms with van der Waals surface area (Å²) >= 11 is 12.0. The molecule has 29 heavy (non-hydrogen) atoms. The van der Waals surface area contributed by atoms with Gasteiger partial charge in [-0.1, -0.05) is 53.5 Å². The summed E-state index contributed by atoms with van der Waals surface area (Å²) in [5, 5.41) is 13.0. The Morgan fingerprint density at radius 1 is 1.07 bits per heavy atom. The molecule has 0 saturated carbocycles. The Morgan fingerprint density at radius 2 is 1.86 bits per heavy atom. The maximum atomic E-state index is 12.3. The quantitative estimate of drug-likeness (QED) is 0.291. The van der Waals surface area contributed by atoms with Crippen LogP contribution in [0.5, 0.6) is 0 Å². The van der Waals surface area contributed by atoms with E-state index in [2.05, 4.69) is 5.32 Å². The van der Waals surface area contributed by atoms with E-state index in [1.54, 1.807) is 30.3 Å². The van der Waals surface area contributed by atoms with E-state index in [4.69, 9.17) is 27.6 Å². The van der Waals surface area contributed by atoms with Crippen molar-refractivity contribution < 1.29 is 9.21 Å². The summed E-state index contributed by atoms with van der Waals surface area (Å²) in [5.41, 5.74) is 1.95. The molecule has 3 aromatic rings. The van der Waals surface area contributed by atoms with Gasteiger partial charge in [-0.3, -0.25) is 4.79 Å². The zero-order valence-electron chi connectivity index (χ0n) is 15.5. The molecule has 2 aromatic carbocycles. The minimum atomic E-state index is -0.423. The molecule has 1 heterocycles. The second-order valence-electron chi connectivity index (χ2n) is 6.35. The first-order chi connectivity index (χ1) is 14.1. The van der Waals surface area contributed by atoms with Crippen LogP contribution in [0.25, 0.3) is 17.4 Å². The van der Waals surface area contributed by atoms with Gasteiger partial charge in [0, 0.05) is 18.2 Å². The lowest BCUT2D eigenvalue weighted by Crippen LogP contribution is -2.25. The maximum absolute atomic E-state index is 12.3. The van der Waals surface area contributed by atoms with Gasteiger partial charge >= 0.3 is 0 Å². The molecule has 0 spiro atoms. The highest BCUT2D eigenvalue weighted by Crippen LogP contribution is 2.30. The highest BCUT2D eigenvalue weighted by Gasteiger charge is 2.11. The average Bonchev–Trinajstić information content (AvgIpc) is 3.20. The molecule has 0 unspecified atom stereocenters. The van der Waals surface area contributed by atoms with Crippen LogP contribution in [0, 0.1) is 11.3 Å². The summed E-state index contributed by atoms with van der Waals surface area (Å²) in [5.74, 6) is 0.547. The first kappa shape index (κ1) is 20.7. The van der Waals surface area contributed by atoms with Gasteiger partial charge in [-0.25, -0.2) is 0 Å². The van der Waals surface area contributed by atoms with Crippen molar-refractivity contribution in [1.82, 2.24) is 5.32 Å². The highest BCUT2D eigenvalue weighted by atomic mass is 35.5. The van der Waals surface area contributed by atoms with Gasteiger partial charge in [-0.2, -0.15) is 5.26 Å². The van der Waals surface area contributed by atoms with Gasteiger partial charge in [-0.05, 0) is 48.7 Å². The Hall–Kier alpha value is -3.00. The van der Waals surface area contributed by atoms with Gasteiger partial charge in [0.15, 0.2) is 0 Å². The Kier molecular flexibility index (Phi) is 7.13. The van der Waals surface area contributed by atoms with Crippen molar-refractivity contribution >= 4 is 35.2 Å². The summed E-state index contributed by atoms with van der Waals surface area (Å²) < 4.78 is 5.72. The standard InChI is InChI=1S/C23H18Cl2N2O2/c24-20-10-8-17(14-21(20)25)22-11-9-19(29-22)13-18(15-26)23(28)27-12-4-7-16-5-2-1-3-6-16/h1-3,5-6,8-11,13-14H,4,7,12H2,(H,27,28)/b18-13+. The van der Waals surface area contributed by atoms with Crippen LogP contribution in [0.4, 0.5) is 0 Å². The van der Waals surface area contributed by atoms with Crippen molar-refractivity contribution in [3.8, 4) is 17.4 Å². The Balaban J connectivity index is 1.60. The molecule has 0 fully saturated rings. The van der Waals surface area contributed by atoms with Gasteiger partial charge in [-0.15, -0.1) is 0 Å². The van der Waals surface area contributed by atoms with Crippen molar-refractivity contribution in [2.75, 3.05) is 6.54 Å². The number of hydrogen-bond acceptors (Lipinski definition) is 3. The number of furan rings is 1. The molecule has 1 amide bonds. The van der Waals surface area contributed by atoms with Crippen molar-refractivity contribution in [2.24, 2.45) is 0 Å². The second-order valence-corrected chi connectivity index (χ2v) is 7.16. The van der Waals surface area contributed by atoms with Gasteiger partial charge < -0.3 is 9.73 Å². The number of benzene rings is 2. The summed E-state index contributed by atoms with van der Waals surface area (Å²) in [6.45, 7) is 0.486. The molecule has 4 nitrogen and oxygen atoms in total. The molecule has 0 aliphatic rings. The molecule has 146 valence electrons. The molecule has 6 heteroatoms. The number of rotatable bonds is 7. The van der Waals surface area contributed by atoms with Crippen LogP contribution in [0.1, 0.15) is 17.7 Å². The first-order valence-corrected chi connectivity index (χ1v) is 9.81. The number of carbonyl (C=O) groups excluding carboxylic acids is 1. The lowest BCUT2D eigenvalue weighted by molar-refractivity contribution is -0.117. The van der Waals surface area contributed by atoms with E-state index in [1.165, 1.54) is 11.6 Å². The number of nitrogens with one attached hydrogen (secondary N) is 1. The van der Waals surface area contributed by atoms with Gasteiger partial charge in [0.2, 0.25) is 0 Å². The fourth-order valence-corrected chi connectivity index (χ4v) is 3.06. The van der Waals surface area contributed by atoms with E-state index >= 15 is 0 Å². The SMILES string of the molecule is N#C/C(=C\c1ccc(-c2ccc(Cl)c(Cl)c2)o1)C(=O)NCCCc1ccccc1. The number of amides is 1. The normalized spacial score (nSPS) is 11.1. The van der Waals surface area contributed by atoms with Crippen molar-refractivity contribution in [3.63, 3.8) is 0 Å². The van der Waals surface area contributed by atoms with Gasteiger partial charge in [0.25, 0.3) is 5.91 Å². The second kappa shape index (κ2) is 9.97. The van der Waals surface area contributed by atoms with Gasteiger partial charge in [0.05, 0.1) is 10.0 Å². The smallest absolute Gasteiger partial charge is 0.262 e. The third kappa shape index (κ3) is 5.74. The lowest BCUT2D eigenvalue weighted by Gasteiger charge is -2.04. The van der Waals surface area contributed by atoms with Crippen LogP contribution in [0.3, 0.4) is 0 Å². The molecule has 0 saturated heterocycles. The number of hydrogen-bond donors (Lipinski definition) is 1. The third-order valence-corrected chi connectivity index (χ3v) is 4.99. The first-order valence-electron chi connectivity index (χ1n) is 9.06. The van der Waals surface area contributed by atoms with Crippen LogP contribution in [0.15, 0.2) is 70.7 Å². The molecule has 0 aliphatic carbocycles. The monoisotopic (exact) mass is 424 g/mol. The predicted octanol–water partition coefficient (Wildman–Crippen LogP) is 5.91. The van der Waals surface area contributed by atoms with Crippen LogP contribution in [-0.4, -0.2) is 12.5 Å². The van der Waals surface area contributed by atoms with Gasteiger partial charge in [0.1, 0.15) is 23.2 Å². The molecule has 1 N–H and O–H groups in total. The predicted molar refractivity (Wildman–Crippen MR) is 116 cm³/mol. The molecule has 0 bridgehead atoms. The zero-order chi connectivity index (χ0) is 20.6. The van der Waals surface area contributed by atoms with E-state index in [0.29, 0.717) is 28.1 Å². The lowest BCUT2D eigenvalue weighted by atomic mass is 10.1. The summed E-state index contributed by atoms with van der Waals surface area (Å²) in [6.07, 6.45) is 3.07. The van der Waals surface area contributed by atoms with E-state index in [-0.39, 0.29) is 5.57 Å². The molecular formula is C23H18Cl2N2O2. The molecule has 0 radical (unpaired) electrons. The molecule has 0 aliphatic heterocycles. The third-order valence-electron chi connectivity index (χ3n) is 4.25. The van der Waals surface area contributed by atoms with Crippen molar-refractivity contribution in [2.45, 2.75) is 12.8 Å². The van der Waals surface area contributed by atoms with Crippen LogP contribution >= 0.6 is 23.2 Å². The Labute approximate surface area is 179 Å². The number of nitriles is 1. The van der Waals surface area contributed by atoms with E-state index in [0.717, 1.165) is 18.4 Å². The number of carbonyl (C=O) groups is 1. The minimum absolute atomic E-state index is 0.0141. The minimum Gasteiger partial charge on any atom is -0.457 e. The summed E-state index contributed by atoms with van der Waals surface area (Å²) in [4.78, 5) is 12.3. The Bertz CT molecular complexity index is 1070. The van der Waals surface area contributed by atoms with Crippen LogP contribution < -0.4 is 5.32 Å². The fourth-order valence-electron chi connectivity index (χ4n) is 2.76. The highest BCUT2D eigenvalue weighted by molar-refractivity contribution is 6.42. The Morgan fingerprint density at radius 3 is 2.59 bits per heavy atom. The average molecular weight is 425 g/mol. The maximum Gasteiger partial charge on any atom is 0.262 e. The summed E-state index contributed by atoms with van der Waals surface area (Å²) in [7, 11) is 0. The molecule has 0 atom stereocenters. The number of nitrogens with zero attached hydrogens (tertiary/aromatic N) is 1. The van der Waals surface area contributed by atoms with Crippen molar-refractivity contribution in [3.05, 3.63) is 87.6 Å². The van der Waals surface area contributed by atoms with Crippen LogP contribution in [-0.2, 0) is 11.2 Å². The number of aryl methyl sites for hydroxylation is 1. The molecule has 1 aromatic heterocycles. The van der Waals surface area contributed by atoms with E-state index in [1.807, 2.05) is 36.4 Å². The fraction of sp³-hybridized carbons (Fsp3) is 0.130. The summed E-state index contributed by atoms with van der Waals surface area (Å²) in [6, 6.07) is 20.6.